The zero-order valence-corrected chi connectivity index (χ0v) is 14.7. The molecule has 0 aliphatic heterocycles. The maximum Gasteiger partial charge on any atom is 0.271 e. The minimum Gasteiger partial charge on any atom is -0.376 e. The summed E-state index contributed by atoms with van der Waals surface area (Å²) in [6, 6.07) is 8.29. The van der Waals surface area contributed by atoms with E-state index in [-0.39, 0.29) is 4.21 Å². The molecule has 1 N–H and O–H groups in total. The fourth-order valence-corrected chi connectivity index (χ4v) is 4.99. The molecule has 0 amide bonds. The lowest BCUT2D eigenvalue weighted by atomic mass is 10.3. The molecule has 0 bridgehead atoms. The summed E-state index contributed by atoms with van der Waals surface area (Å²) in [5, 5.41) is 0.488. The third-order valence-electron chi connectivity index (χ3n) is 2.50. The molecule has 0 saturated heterocycles. The zero-order chi connectivity index (χ0) is 14.9. The maximum absolute atomic E-state index is 12.2. The summed E-state index contributed by atoms with van der Waals surface area (Å²) in [4.78, 5) is 1.86. The molecule has 0 aliphatic carbocycles. The van der Waals surface area contributed by atoms with Crippen molar-refractivity contribution in [3.05, 3.63) is 39.1 Å². The monoisotopic (exact) mass is 394 g/mol. The van der Waals surface area contributed by atoms with Gasteiger partial charge in [0.15, 0.2) is 0 Å². The van der Waals surface area contributed by atoms with Crippen molar-refractivity contribution in [3.8, 4) is 0 Å². The summed E-state index contributed by atoms with van der Waals surface area (Å²) in [5.41, 5.74) is 1.26. The Morgan fingerprint density at radius 1 is 1.25 bits per heavy atom. The maximum atomic E-state index is 12.2. The van der Waals surface area contributed by atoms with Crippen LogP contribution < -0.4 is 9.62 Å². The van der Waals surface area contributed by atoms with E-state index in [1.807, 2.05) is 19.0 Å². The standard InChI is InChI=1S/C12H12BrClN2O2S2/c1-16(2)10-4-3-8(7-9(10)14)15-20(17,18)12-6-5-11(13)19-12/h3-7,15H,1-2H3. The van der Waals surface area contributed by atoms with Crippen LogP contribution in [0.3, 0.4) is 0 Å². The van der Waals surface area contributed by atoms with E-state index in [9.17, 15) is 8.42 Å². The van der Waals surface area contributed by atoms with Crippen LogP contribution in [0.5, 0.6) is 0 Å². The number of hydrogen-bond donors (Lipinski definition) is 1. The van der Waals surface area contributed by atoms with E-state index < -0.39 is 10.0 Å². The van der Waals surface area contributed by atoms with E-state index in [4.69, 9.17) is 11.6 Å². The van der Waals surface area contributed by atoms with Crippen LogP contribution in [0.4, 0.5) is 11.4 Å². The molecule has 2 rings (SSSR count). The number of rotatable bonds is 4. The molecule has 0 spiro atoms. The zero-order valence-electron chi connectivity index (χ0n) is 10.7. The summed E-state index contributed by atoms with van der Waals surface area (Å²) in [7, 11) is 0.162. The molecule has 0 fully saturated rings. The molecule has 1 aromatic carbocycles. The van der Waals surface area contributed by atoms with Gasteiger partial charge in [0.1, 0.15) is 4.21 Å². The van der Waals surface area contributed by atoms with Crippen molar-refractivity contribution >= 4 is 60.3 Å². The minimum absolute atomic E-state index is 0.247. The van der Waals surface area contributed by atoms with E-state index in [1.54, 1.807) is 30.3 Å². The predicted octanol–water partition coefficient (Wildman–Crippen LogP) is 4.03. The molecule has 8 heteroatoms. The average Bonchev–Trinajstić information content (AvgIpc) is 2.75. The van der Waals surface area contributed by atoms with E-state index in [0.29, 0.717) is 10.7 Å². The first kappa shape index (κ1) is 15.6. The van der Waals surface area contributed by atoms with Gasteiger partial charge in [0.05, 0.1) is 20.2 Å². The largest absolute Gasteiger partial charge is 0.376 e. The number of nitrogens with one attached hydrogen (secondary N) is 1. The highest BCUT2D eigenvalue weighted by molar-refractivity contribution is 9.11. The first-order valence-electron chi connectivity index (χ1n) is 5.54. The van der Waals surface area contributed by atoms with Crippen LogP contribution >= 0.6 is 38.9 Å². The van der Waals surface area contributed by atoms with Gasteiger partial charge in [-0.1, -0.05) is 11.6 Å². The number of thiophene rings is 1. The van der Waals surface area contributed by atoms with Crippen LogP contribution in [-0.4, -0.2) is 22.5 Å². The van der Waals surface area contributed by atoms with Crippen molar-refractivity contribution < 1.29 is 8.42 Å². The summed E-state index contributed by atoms with van der Waals surface area (Å²) in [5.74, 6) is 0. The Balaban J connectivity index is 2.28. The van der Waals surface area contributed by atoms with Crippen LogP contribution in [0.15, 0.2) is 38.3 Å². The smallest absolute Gasteiger partial charge is 0.271 e. The molecule has 0 atom stereocenters. The van der Waals surface area contributed by atoms with Crippen molar-refractivity contribution in [2.24, 2.45) is 0 Å². The van der Waals surface area contributed by atoms with Crippen molar-refractivity contribution in [2.75, 3.05) is 23.7 Å². The first-order chi connectivity index (χ1) is 9.29. The predicted molar refractivity (Wildman–Crippen MR) is 88.6 cm³/mol. The number of benzene rings is 1. The van der Waals surface area contributed by atoms with Gasteiger partial charge in [-0.15, -0.1) is 11.3 Å². The third-order valence-corrected chi connectivity index (χ3v) is 6.29. The van der Waals surface area contributed by atoms with Crippen LogP contribution in [-0.2, 0) is 10.0 Å². The fourth-order valence-electron chi connectivity index (χ4n) is 1.58. The molecule has 20 heavy (non-hydrogen) atoms. The summed E-state index contributed by atoms with van der Waals surface area (Å²) < 4.78 is 27.9. The normalized spacial score (nSPS) is 11.4. The summed E-state index contributed by atoms with van der Waals surface area (Å²) in [6.07, 6.45) is 0. The SMILES string of the molecule is CN(C)c1ccc(NS(=O)(=O)c2ccc(Br)s2)cc1Cl. The Hall–Kier alpha value is -0.760. The second-order valence-corrected chi connectivity index (χ2v) is 9.00. The number of anilines is 2. The number of nitrogens with zero attached hydrogens (tertiary/aromatic N) is 1. The highest BCUT2D eigenvalue weighted by Crippen LogP contribution is 2.30. The van der Waals surface area contributed by atoms with Gasteiger partial charge >= 0.3 is 0 Å². The van der Waals surface area contributed by atoms with Gasteiger partial charge in [-0.3, -0.25) is 4.72 Å². The molecule has 108 valence electrons. The van der Waals surface area contributed by atoms with E-state index in [1.165, 1.54) is 0 Å². The lowest BCUT2D eigenvalue weighted by molar-refractivity contribution is 0.603. The molecule has 4 nitrogen and oxygen atoms in total. The van der Waals surface area contributed by atoms with Crippen LogP contribution in [0.25, 0.3) is 0 Å². The second kappa shape index (κ2) is 5.93. The Morgan fingerprint density at radius 3 is 2.45 bits per heavy atom. The van der Waals surface area contributed by atoms with Crippen molar-refractivity contribution in [3.63, 3.8) is 0 Å². The van der Waals surface area contributed by atoms with Gasteiger partial charge < -0.3 is 4.90 Å². The van der Waals surface area contributed by atoms with Gasteiger partial charge in [-0.25, -0.2) is 8.42 Å². The lowest BCUT2D eigenvalue weighted by Crippen LogP contribution is -2.12. The van der Waals surface area contributed by atoms with E-state index in [0.717, 1.165) is 20.8 Å². The number of halogens is 2. The molecule has 0 radical (unpaired) electrons. The van der Waals surface area contributed by atoms with Gasteiger partial charge in [0.25, 0.3) is 10.0 Å². The Bertz CT molecular complexity index is 729. The van der Waals surface area contributed by atoms with Gasteiger partial charge in [-0.05, 0) is 46.3 Å². The Labute approximate surface area is 135 Å². The van der Waals surface area contributed by atoms with E-state index in [2.05, 4.69) is 20.7 Å². The molecular formula is C12H12BrClN2O2S2. The second-order valence-electron chi connectivity index (χ2n) is 4.22. The topological polar surface area (TPSA) is 49.4 Å². The lowest BCUT2D eigenvalue weighted by Gasteiger charge is -2.15. The number of hydrogen-bond acceptors (Lipinski definition) is 4. The van der Waals surface area contributed by atoms with Crippen LogP contribution in [0.1, 0.15) is 0 Å². The Morgan fingerprint density at radius 2 is 1.95 bits per heavy atom. The van der Waals surface area contributed by atoms with Crippen molar-refractivity contribution in [1.29, 1.82) is 0 Å². The molecular weight excluding hydrogens is 384 g/mol. The molecule has 1 heterocycles. The molecule has 0 saturated carbocycles. The highest BCUT2D eigenvalue weighted by Gasteiger charge is 2.17. The van der Waals surface area contributed by atoms with Crippen molar-refractivity contribution in [2.45, 2.75) is 4.21 Å². The van der Waals surface area contributed by atoms with Gasteiger partial charge in [-0.2, -0.15) is 0 Å². The molecule has 0 aliphatic rings. The average molecular weight is 396 g/mol. The molecule has 0 unspecified atom stereocenters. The number of sulfonamides is 1. The van der Waals surface area contributed by atoms with Crippen LogP contribution in [0, 0.1) is 0 Å². The third kappa shape index (κ3) is 3.46. The van der Waals surface area contributed by atoms with Gasteiger partial charge in [0.2, 0.25) is 0 Å². The molecule has 1 aromatic heterocycles. The quantitative estimate of drug-likeness (QED) is 0.850. The summed E-state index contributed by atoms with van der Waals surface area (Å²) >= 11 is 10.5. The van der Waals surface area contributed by atoms with Gasteiger partial charge in [0, 0.05) is 14.1 Å². The minimum atomic E-state index is -3.58. The fraction of sp³-hybridized carbons (Fsp3) is 0.167. The Kier molecular flexibility index (Phi) is 4.63. The summed E-state index contributed by atoms with van der Waals surface area (Å²) in [6.45, 7) is 0. The van der Waals surface area contributed by atoms with Crippen molar-refractivity contribution in [1.82, 2.24) is 0 Å². The first-order valence-corrected chi connectivity index (χ1v) is 9.02. The molecule has 2 aromatic rings. The van der Waals surface area contributed by atoms with Crippen LogP contribution in [0.2, 0.25) is 5.02 Å². The van der Waals surface area contributed by atoms with E-state index >= 15 is 0 Å². The highest BCUT2D eigenvalue weighted by atomic mass is 79.9.